The molecule has 0 aliphatic rings. The van der Waals surface area contributed by atoms with Gasteiger partial charge in [-0.3, -0.25) is 10.1 Å². The van der Waals surface area contributed by atoms with Crippen LogP contribution in [0.5, 0.6) is 0 Å². The first kappa shape index (κ1) is 17.9. The molecule has 3 heteroatoms. The van der Waals surface area contributed by atoms with Gasteiger partial charge in [0, 0.05) is 5.69 Å². The van der Waals surface area contributed by atoms with Gasteiger partial charge < -0.3 is 5.32 Å². The lowest BCUT2D eigenvalue weighted by Crippen LogP contribution is -2.40. The average molecular weight is 344 g/mol. The van der Waals surface area contributed by atoms with Crippen LogP contribution in [0.4, 0.5) is 5.69 Å². The third kappa shape index (κ3) is 4.58. The SMILES string of the molecule is Cc1cccc(NC(=O)[C@@H](C)NC(c2ccccc2)c2ccccc2)c1. The van der Waals surface area contributed by atoms with E-state index in [-0.39, 0.29) is 18.0 Å². The Balaban J connectivity index is 1.77. The topological polar surface area (TPSA) is 41.1 Å². The Hall–Kier alpha value is -2.91. The van der Waals surface area contributed by atoms with Crippen LogP contribution in [0, 0.1) is 6.92 Å². The van der Waals surface area contributed by atoms with Crippen LogP contribution in [-0.4, -0.2) is 11.9 Å². The lowest BCUT2D eigenvalue weighted by Gasteiger charge is -2.24. The Morgan fingerprint density at radius 2 is 1.38 bits per heavy atom. The molecule has 3 rings (SSSR count). The maximum atomic E-state index is 12.6. The number of aryl methyl sites for hydroxylation is 1. The zero-order valence-electron chi connectivity index (χ0n) is 15.1. The largest absolute Gasteiger partial charge is 0.325 e. The van der Waals surface area contributed by atoms with Crippen molar-refractivity contribution in [3.8, 4) is 0 Å². The van der Waals surface area contributed by atoms with Crippen LogP contribution in [0.3, 0.4) is 0 Å². The molecule has 3 nitrogen and oxygen atoms in total. The van der Waals surface area contributed by atoms with Gasteiger partial charge in [0.25, 0.3) is 0 Å². The molecule has 3 aromatic carbocycles. The van der Waals surface area contributed by atoms with Gasteiger partial charge in [0.2, 0.25) is 5.91 Å². The van der Waals surface area contributed by atoms with Gasteiger partial charge in [-0.25, -0.2) is 0 Å². The molecule has 0 heterocycles. The maximum absolute atomic E-state index is 12.6. The van der Waals surface area contributed by atoms with Crippen molar-refractivity contribution < 1.29 is 4.79 Å². The number of nitrogens with one attached hydrogen (secondary N) is 2. The van der Waals surface area contributed by atoms with E-state index in [0.717, 1.165) is 22.4 Å². The normalized spacial score (nSPS) is 12.0. The van der Waals surface area contributed by atoms with E-state index in [9.17, 15) is 4.79 Å². The second-order valence-electron chi connectivity index (χ2n) is 6.50. The summed E-state index contributed by atoms with van der Waals surface area (Å²) in [6.45, 7) is 3.90. The summed E-state index contributed by atoms with van der Waals surface area (Å²) in [7, 11) is 0. The van der Waals surface area contributed by atoms with Crippen LogP contribution in [0.25, 0.3) is 0 Å². The molecule has 0 aromatic heterocycles. The van der Waals surface area contributed by atoms with Crippen LogP contribution in [0.1, 0.15) is 29.7 Å². The van der Waals surface area contributed by atoms with Crippen molar-refractivity contribution in [1.29, 1.82) is 0 Å². The van der Waals surface area contributed by atoms with Crippen molar-refractivity contribution >= 4 is 11.6 Å². The first-order valence-corrected chi connectivity index (χ1v) is 8.87. The number of hydrogen-bond acceptors (Lipinski definition) is 2. The van der Waals surface area contributed by atoms with E-state index in [1.54, 1.807) is 0 Å². The predicted molar refractivity (Wildman–Crippen MR) is 107 cm³/mol. The molecule has 1 amide bonds. The van der Waals surface area contributed by atoms with Crippen LogP contribution in [-0.2, 0) is 4.79 Å². The molecule has 0 saturated heterocycles. The minimum absolute atomic E-state index is 0.0457. The molecule has 0 aliphatic carbocycles. The zero-order chi connectivity index (χ0) is 18.4. The number of benzene rings is 3. The molecule has 0 unspecified atom stereocenters. The monoisotopic (exact) mass is 344 g/mol. The van der Waals surface area contributed by atoms with E-state index in [2.05, 4.69) is 34.9 Å². The van der Waals surface area contributed by atoms with Gasteiger partial charge in [0.05, 0.1) is 12.1 Å². The highest BCUT2D eigenvalue weighted by Crippen LogP contribution is 2.22. The van der Waals surface area contributed by atoms with E-state index in [1.807, 2.05) is 74.5 Å². The molecule has 26 heavy (non-hydrogen) atoms. The summed E-state index contributed by atoms with van der Waals surface area (Å²) < 4.78 is 0. The molecular formula is C23H24N2O. The highest BCUT2D eigenvalue weighted by atomic mass is 16.2. The fourth-order valence-corrected chi connectivity index (χ4v) is 2.97. The Kier molecular flexibility index (Phi) is 5.82. The summed E-state index contributed by atoms with van der Waals surface area (Å²) in [6.07, 6.45) is 0. The molecule has 0 aliphatic heterocycles. The van der Waals surface area contributed by atoms with E-state index in [4.69, 9.17) is 0 Å². The molecule has 1 atom stereocenters. The number of hydrogen-bond donors (Lipinski definition) is 2. The van der Waals surface area contributed by atoms with Gasteiger partial charge in [-0.05, 0) is 42.7 Å². The van der Waals surface area contributed by atoms with Crippen molar-refractivity contribution in [1.82, 2.24) is 5.32 Å². The Labute approximate surface area is 155 Å². The highest BCUT2D eigenvalue weighted by Gasteiger charge is 2.20. The van der Waals surface area contributed by atoms with Gasteiger partial charge in [0.15, 0.2) is 0 Å². The summed E-state index contributed by atoms with van der Waals surface area (Å²) in [4.78, 5) is 12.6. The molecular weight excluding hydrogens is 320 g/mol. The van der Waals surface area contributed by atoms with Crippen LogP contribution >= 0.6 is 0 Å². The average Bonchev–Trinajstić information content (AvgIpc) is 2.67. The summed E-state index contributed by atoms with van der Waals surface area (Å²) >= 11 is 0. The quantitative estimate of drug-likeness (QED) is 0.680. The van der Waals surface area contributed by atoms with Crippen molar-refractivity contribution in [2.75, 3.05) is 5.32 Å². The summed E-state index contributed by atoms with van der Waals surface area (Å²) in [5, 5.41) is 6.46. The standard InChI is InChI=1S/C23H24N2O/c1-17-10-9-15-21(16-17)25-23(26)18(2)24-22(19-11-5-3-6-12-19)20-13-7-4-8-14-20/h3-16,18,22,24H,1-2H3,(H,25,26)/t18-/m1/s1. The Morgan fingerprint density at radius 3 is 1.92 bits per heavy atom. The fourth-order valence-electron chi connectivity index (χ4n) is 2.97. The number of amides is 1. The Bertz CT molecular complexity index is 807. The third-order valence-electron chi connectivity index (χ3n) is 4.36. The Morgan fingerprint density at radius 1 is 0.808 bits per heavy atom. The van der Waals surface area contributed by atoms with E-state index in [0.29, 0.717) is 0 Å². The maximum Gasteiger partial charge on any atom is 0.241 e. The van der Waals surface area contributed by atoms with Crippen molar-refractivity contribution in [2.24, 2.45) is 0 Å². The van der Waals surface area contributed by atoms with Gasteiger partial charge in [-0.15, -0.1) is 0 Å². The number of rotatable bonds is 6. The van der Waals surface area contributed by atoms with Crippen LogP contribution in [0.2, 0.25) is 0 Å². The fraction of sp³-hybridized carbons (Fsp3) is 0.174. The minimum atomic E-state index is -0.346. The van der Waals surface area contributed by atoms with E-state index < -0.39 is 0 Å². The molecule has 3 aromatic rings. The smallest absolute Gasteiger partial charge is 0.241 e. The van der Waals surface area contributed by atoms with E-state index >= 15 is 0 Å². The summed E-state index contributed by atoms with van der Waals surface area (Å²) in [6, 6.07) is 27.8. The van der Waals surface area contributed by atoms with Crippen LogP contribution in [0.15, 0.2) is 84.9 Å². The number of anilines is 1. The van der Waals surface area contributed by atoms with Gasteiger partial charge >= 0.3 is 0 Å². The van der Waals surface area contributed by atoms with Gasteiger partial charge in [0.1, 0.15) is 0 Å². The van der Waals surface area contributed by atoms with E-state index in [1.165, 1.54) is 0 Å². The number of carbonyl (C=O) groups is 1. The molecule has 132 valence electrons. The first-order valence-electron chi connectivity index (χ1n) is 8.87. The summed E-state index contributed by atoms with van der Waals surface area (Å²) in [5.41, 5.74) is 4.21. The lowest BCUT2D eigenvalue weighted by atomic mass is 9.98. The second kappa shape index (κ2) is 8.45. The van der Waals surface area contributed by atoms with Crippen molar-refractivity contribution in [2.45, 2.75) is 25.9 Å². The van der Waals surface area contributed by atoms with Gasteiger partial charge in [-0.1, -0.05) is 72.8 Å². The zero-order valence-corrected chi connectivity index (χ0v) is 15.1. The second-order valence-corrected chi connectivity index (χ2v) is 6.50. The molecule has 0 radical (unpaired) electrons. The minimum Gasteiger partial charge on any atom is -0.325 e. The summed E-state index contributed by atoms with van der Waals surface area (Å²) in [5.74, 6) is -0.0486. The molecule has 0 fully saturated rings. The molecule has 0 bridgehead atoms. The molecule has 0 spiro atoms. The lowest BCUT2D eigenvalue weighted by molar-refractivity contribution is -0.117. The van der Waals surface area contributed by atoms with Crippen molar-refractivity contribution in [3.05, 3.63) is 102 Å². The van der Waals surface area contributed by atoms with Crippen LogP contribution < -0.4 is 10.6 Å². The third-order valence-corrected chi connectivity index (χ3v) is 4.36. The predicted octanol–water partition coefficient (Wildman–Crippen LogP) is 4.70. The first-order chi connectivity index (χ1) is 12.6. The number of carbonyl (C=O) groups excluding carboxylic acids is 1. The van der Waals surface area contributed by atoms with Gasteiger partial charge in [-0.2, -0.15) is 0 Å². The molecule has 2 N–H and O–H groups in total. The molecule has 0 saturated carbocycles. The van der Waals surface area contributed by atoms with Crippen molar-refractivity contribution in [3.63, 3.8) is 0 Å². The highest BCUT2D eigenvalue weighted by molar-refractivity contribution is 5.94.